The van der Waals surface area contributed by atoms with E-state index >= 15 is 0 Å². The molecule has 0 aliphatic heterocycles. The summed E-state index contributed by atoms with van der Waals surface area (Å²) >= 11 is 1.78. The second-order valence-corrected chi connectivity index (χ2v) is 6.49. The zero-order chi connectivity index (χ0) is 15.7. The summed E-state index contributed by atoms with van der Waals surface area (Å²) in [5, 5.41) is 12.7. The molecule has 0 saturated heterocycles. The summed E-state index contributed by atoms with van der Waals surface area (Å²) in [5.41, 5.74) is 1.97. The fourth-order valence-electron chi connectivity index (χ4n) is 2.05. The Kier molecular flexibility index (Phi) is 8.44. The number of nitriles is 1. The molecule has 0 unspecified atom stereocenters. The number of nitrogens with zero attached hydrogens (tertiary/aromatic N) is 2. The van der Waals surface area contributed by atoms with E-state index in [1.165, 1.54) is 5.56 Å². The van der Waals surface area contributed by atoms with Crippen LogP contribution in [0.4, 0.5) is 0 Å². The van der Waals surface area contributed by atoms with Gasteiger partial charge in [-0.3, -0.25) is 0 Å². The van der Waals surface area contributed by atoms with Crippen molar-refractivity contribution in [2.45, 2.75) is 45.2 Å². The van der Waals surface area contributed by atoms with Crippen molar-refractivity contribution in [3.05, 3.63) is 29.3 Å². The van der Waals surface area contributed by atoms with Gasteiger partial charge in [-0.1, -0.05) is 33.8 Å². The SMILES string of the molecule is CCN(CC)CCSc1ccc(CNC(C)C)cc1C#N. The molecule has 1 rings (SSSR count). The van der Waals surface area contributed by atoms with Gasteiger partial charge in [0.1, 0.15) is 6.07 Å². The fraction of sp³-hybridized carbons (Fsp3) is 0.588. The monoisotopic (exact) mass is 305 g/mol. The molecular formula is C17H27N3S. The topological polar surface area (TPSA) is 39.1 Å². The average molecular weight is 305 g/mol. The van der Waals surface area contributed by atoms with Crippen molar-refractivity contribution in [2.75, 3.05) is 25.4 Å². The highest BCUT2D eigenvalue weighted by Gasteiger charge is 2.06. The van der Waals surface area contributed by atoms with E-state index < -0.39 is 0 Å². The number of benzene rings is 1. The summed E-state index contributed by atoms with van der Waals surface area (Å²) in [6.45, 7) is 12.7. The smallest absolute Gasteiger partial charge is 0.100 e. The van der Waals surface area contributed by atoms with Crippen LogP contribution >= 0.6 is 11.8 Å². The van der Waals surface area contributed by atoms with Crippen molar-refractivity contribution in [2.24, 2.45) is 0 Å². The van der Waals surface area contributed by atoms with Gasteiger partial charge in [0.2, 0.25) is 0 Å². The quantitative estimate of drug-likeness (QED) is 0.709. The van der Waals surface area contributed by atoms with Crippen molar-refractivity contribution in [3.8, 4) is 6.07 Å². The van der Waals surface area contributed by atoms with Gasteiger partial charge in [0.25, 0.3) is 0 Å². The maximum Gasteiger partial charge on any atom is 0.100 e. The Morgan fingerprint density at radius 3 is 2.57 bits per heavy atom. The van der Waals surface area contributed by atoms with Gasteiger partial charge in [0.05, 0.1) is 5.56 Å². The summed E-state index contributed by atoms with van der Waals surface area (Å²) in [6, 6.07) is 9.00. The van der Waals surface area contributed by atoms with Crippen molar-refractivity contribution in [1.29, 1.82) is 5.26 Å². The number of hydrogen-bond acceptors (Lipinski definition) is 4. The van der Waals surface area contributed by atoms with Gasteiger partial charge in [0.15, 0.2) is 0 Å². The standard InChI is InChI=1S/C17H27N3S/c1-5-20(6-2)9-10-21-17-8-7-15(11-16(17)12-18)13-19-14(3)4/h7-8,11,14,19H,5-6,9-10,13H2,1-4H3. The molecule has 0 heterocycles. The molecule has 0 aromatic heterocycles. The molecule has 0 saturated carbocycles. The molecule has 0 spiro atoms. The van der Waals surface area contributed by atoms with Crippen LogP contribution in [0.25, 0.3) is 0 Å². The van der Waals surface area contributed by atoms with E-state index in [0.717, 1.165) is 42.4 Å². The van der Waals surface area contributed by atoms with Gasteiger partial charge in [-0.25, -0.2) is 0 Å². The van der Waals surface area contributed by atoms with Crippen molar-refractivity contribution < 1.29 is 0 Å². The number of hydrogen-bond donors (Lipinski definition) is 1. The first-order chi connectivity index (χ1) is 10.1. The molecule has 0 radical (unpaired) electrons. The summed E-state index contributed by atoms with van der Waals surface area (Å²) in [6.07, 6.45) is 0. The molecule has 1 aromatic rings. The second-order valence-electron chi connectivity index (χ2n) is 5.35. The molecule has 0 aliphatic carbocycles. The van der Waals surface area contributed by atoms with Gasteiger partial charge in [-0.05, 0) is 30.8 Å². The highest BCUT2D eigenvalue weighted by Crippen LogP contribution is 2.23. The van der Waals surface area contributed by atoms with E-state index in [0.29, 0.717) is 6.04 Å². The van der Waals surface area contributed by atoms with Gasteiger partial charge < -0.3 is 10.2 Å². The van der Waals surface area contributed by atoms with Crippen LogP contribution in [-0.4, -0.2) is 36.3 Å². The molecule has 0 fully saturated rings. The first-order valence-electron chi connectivity index (χ1n) is 7.72. The van der Waals surface area contributed by atoms with E-state index in [1.807, 2.05) is 6.07 Å². The Labute approximate surface area is 133 Å². The van der Waals surface area contributed by atoms with Crippen LogP contribution in [0.2, 0.25) is 0 Å². The third-order valence-electron chi connectivity index (χ3n) is 3.44. The molecule has 1 aromatic carbocycles. The summed E-state index contributed by atoms with van der Waals surface area (Å²) in [4.78, 5) is 3.50. The lowest BCUT2D eigenvalue weighted by molar-refractivity contribution is 0.324. The van der Waals surface area contributed by atoms with E-state index in [2.05, 4.69) is 56.1 Å². The molecule has 21 heavy (non-hydrogen) atoms. The lowest BCUT2D eigenvalue weighted by Crippen LogP contribution is -2.25. The zero-order valence-corrected chi connectivity index (χ0v) is 14.5. The minimum Gasteiger partial charge on any atom is -0.310 e. The second kappa shape index (κ2) is 9.83. The van der Waals surface area contributed by atoms with Crippen LogP contribution in [-0.2, 0) is 6.54 Å². The first kappa shape index (κ1) is 18.0. The molecular weight excluding hydrogens is 278 g/mol. The van der Waals surface area contributed by atoms with Crippen LogP contribution in [0.5, 0.6) is 0 Å². The summed E-state index contributed by atoms with van der Waals surface area (Å²) in [7, 11) is 0. The maximum atomic E-state index is 9.33. The summed E-state index contributed by atoms with van der Waals surface area (Å²) in [5.74, 6) is 1.03. The molecule has 0 aliphatic rings. The molecule has 4 heteroatoms. The van der Waals surface area contributed by atoms with Crippen molar-refractivity contribution in [1.82, 2.24) is 10.2 Å². The van der Waals surface area contributed by atoms with E-state index in [1.54, 1.807) is 11.8 Å². The lowest BCUT2D eigenvalue weighted by Gasteiger charge is -2.17. The average Bonchev–Trinajstić information content (AvgIpc) is 2.50. The fourth-order valence-corrected chi connectivity index (χ4v) is 3.04. The predicted octanol–water partition coefficient (Wildman–Crippen LogP) is 3.49. The predicted molar refractivity (Wildman–Crippen MR) is 91.6 cm³/mol. The van der Waals surface area contributed by atoms with Crippen LogP contribution in [0.3, 0.4) is 0 Å². The van der Waals surface area contributed by atoms with Crippen LogP contribution in [0.1, 0.15) is 38.8 Å². The van der Waals surface area contributed by atoms with Crippen LogP contribution < -0.4 is 5.32 Å². The Morgan fingerprint density at radius 2 is 2.00 bits per heavy atom. The van der Waals surface area contributed by atoms with E-state index in [4.69, 9.17) is 0 Å². The zero-order valence-electron chi connectivity index (χ0n) is 13.6. The molecule has 0 amide bonds. The van der Waals surface area contributed by atoms with E-state index in [9.17, 15) is 5.26 Å². The number of rotatable bonds is 9. The largest absolute Gasteiger partial charge is 0.310 e. The highest BCUT2D eigenvalue weighted by atomic mass is 32.2. The molecule has 1 N–H and O–H groups in total. The van der Waals surface area contributed by atoms with Gasteiger partial charge in [0, 0.05) is 29.8 Å². The Hall–Kier alpha value is -1.02. The Bertz CT molecular complexity index is 462. The Morgan fingerprint density at radius 1 is 1.29 bits per heavy atom. The summed E-state index contributed by atoms with van der Waals surface area (Å²) < 4.78 is 0. The molecule has 0 atom stereocenters. The third-order valence-corrected chi connectivity index (χ3v) is 4.49. The third kappa shape index (κ3) is 6.52. The minimum atomic E-state index is 0.457. The van der Waals surface area contributed by atoms with Crippen LogP contribution in [0.15, 0.2) is 23.1 Å². The normalized spacial score (nSPS) is 11.1. The Balaban J connectivity index is 2.60. The maximum absolute atomic E-state index is 9.33. The van der Waals surface area contributed by atoms with Crippen molar-refractivity contribution >= 4 is 11.8 Å². The lowest BCUT2D eigenvalue weighted by atomic mass is 10.1. The number of thioether (sulfide) groups is 1. The number of nitrogens with one attached hydrogen (secondary N) is 1. The minimum absolute atomic E-state index is 0.457. The van der Waals surface area contributed by atoms with E-state index in [-0.39, 0.29) is 0 Å². The molecule has 0 bridgehead atoms. The first-order valence-corrected chi connectivity index (χ1v) is 8.70. The highest BCUT2D eigenvalue weighted by molar-refractivity contribution is 7.99. The molecule has 3 nitrogen and oxygen atoms in total. The van der Waals surface area contributed by atoms with Crippen molar-refractivity contribution in [3.63, 3.8) is 0 Å². The van der Waals surface area contributed by atoms with Crippen LogP contribution in [0, 0.1) is 11.3 Å². The van der Waals surface area contributed by atoms with Gasteiger partial charge in [-0.2, -0.15) is 5.26 Å². The van der Waals surface area contributed by atoms with Gasteiger partial charge in [-0.15, -0.1) is 11.8 Å². The van der Waals surface area contributed by atoms with Gasteiger partial charge >= 0.3 is 0 Å². The molecule has 116 valence electrons.